The van der Waals surface area contributed by atoms with Gasteiger partial charge in [-0.2, -0.15) is 0 Å². The van der Waals surface area contributed by atoms with Crippen molar-refractivity contribution in [2.75, 3.05) is 19.5 Å². The molecule has 6 heteroatoms. The van der Waals surface area contributed by atoms with E-state index < -0.39 is 0 Å². The van der Waals surface area contributed by atoms with E-state index in [1.54, 1.807) is 12.4 Å². The average Bonchev–Trinajstić information content (AvgIpc) is 2.39. The Kier molecular flexibility index (Phi) is 3.57. The van der Waals surface area contributed by atoms with Gasteiger partial charge in [0.15, 0.2) is 11.6 Å². The van der Waals surface area contributed by atoms with Crippen molar-refractivity contribution in [2.45, 2.75) is 6.92 Å². The van der Waals surface area contributed by atoms with Crippen LogP contribution in [0.5, 0.6) is 11.5 Å². The van der Waals surface area contributed by atoms with Gasteiger partial charge in [0, 0.05) is 11.8 Å². The molecule has 0 atom stereocenters. The van der Waals surface area contributed by atoms with Crippen LogP contribution in [0.2, 0.25) is 0 Å². The summed E-state index contributed by atoms with van der Waals surface area (Å²) in [5.41, 5.74) is 7.10. The third kappa shape index (κ3) is 2.32. The molecule has 0 saturated carbocycles. The fraction of sp³-hybridized carbons (Fsp3) is 0.250. The van der Waals surface area contributed by atoms with Gasteiger partial charge in [0.05, 0.1) is 19.9 Å². The third-order valence-corrected chi connectivity index (χ3v) is 2.33. The first kappa shape index (κ1) is 12.1. The zero-order valence-electron chi connectivity index (χ0n) is 10.3. The number of rotatable bonds is 4. The average molecular weight is 246 g/mol. The maximum atomic E-state index is 5.74. The molecular weight excluding hydrogens is 232 g/mol. The van der Waals surface area contributed by atoms with Crippen LogP contribution in [0.15, 0.2) is 24.8 Å². The fourth-order valence-corrected chi connectivity index (χ4v) is 1.59. The molecule has 2 rings (SSSR count). The predicted molar refractivity (Wildman–Crippen MR) is 67.4 cm³/mol. The van der Waals surface area contributed by atoms with Gasteiger partial charge in [-0.15, -0.1) is 0 Å². The molecule has 0 unspecified atom stereocenters. The Labute approximate surface area is 105 Å². The molecule has 0 fully saturated rings. The highest BCUT2D eigenvalue weighted by molar-refractivity contribution is 5.71. The first-order valence-corrected chi connectivity index (χ1v) is 5.49. The van der Waals surface area contributed by atoms with Gasteiger partial charge >= 0.3 is 0 Å². The summed E-state index contributed by atoms with van der Waals surface area (Å²) in [7, 11) is 1.53. The number of aromatic nitrogens is 3. The number of nitrogen functional groups attached to an aromatic ring is 1. The minimum atomic E-state index is 0.296. The lowest BCUT2D eigenvalue weighted by Crippen LogP contribution is -2.00. The number of ether oxygens (including phenoxy) is 2. The van der Waals surface area contributed by atoms with Crippen LogP contribution in [0, 0.1) is 0 Å². The number of hydrogen-bond acceptors (Lipinski definition) is 6. The molecule has 0 bridgehead atoms. The summed E-state index contributed by atoms with van der Waals surface area (Å²) in [4.78, 5) is 12.2. The van der Waals surface area contributed by atoms with E-state index in [2.05, 4.69) is 15.0 Å². The number of hydrogen-bond donors (Lipinski definition) is 1. The Hall–Kier alpha value is -2.37. The van der Waals surface area contributed by atoms with Crippen molar-refractivity contribution < 1.29 is 9.47 Å². The fourth-order valence-electron chi connectivity index (χ4n) is 1.59. The van der Waals surface area contributed by atoms with E-state index in [4.69, 9.17) is 15.2 Å². The highest BCUT2D eigenvalue weighted by Crippen LogP contribution is 2.32. The van der Waals surface area contributed by atoms with Crippen LogP contribution in [-0.2, 0) is 0 Å². The van der Waals surface area contributed by atoms with E-state index in [-0.39, 0.29) is 0 Å². The van der Waals surface area contributed by atoms with E-state index in [1.165, 1.54) is 13.4 Å². The molecule has 0 aliphatic heterocycles. The Morgan fingerprint density at radius 2 is 2.11 bits per heavy atom. The summed E-state index contributed by atoms with van der Waals surface area (Å²) in [5.74, 6) is 1.41. The van der Waals surface area contributed by atoms with Crippen molar-refractivity contribution in [3.63, 3.8) is 0 Å². The summed E-state index contributed by atoms with van der Waals surface area (Å²) in [5, 5.41) is 0. The van der Waals surface area contributed by atoms with Crippen LogP contribution in [0.25, 0.3) is 11.3 Å². The first-order valence-electron chi connectivity index (χ1n) is 5.49. The van der Waals surface area contributed by atoms with Gasteiger partial charge in [-0.05, 0) is 13.0 Å². The maximum Gasteiger partial charge on any atom is 0.187 e. The molecule has 0 radical (unpaired) electrons. The quantitative estimate of drug-likeness (QED) is 0.880. The molecule has 94 valence electrons. The van der Waals surface area contributed by atoms with Gasteiger partial charge in [0.1, 0.15) is 17.8 Å². The molecule has 0 aliphatic rings. The van der Waals surface area contributed by atoms with E-state index in [0.29, 0.717) is 29.6 Å². The van der Waals surface area contributed by atoms with Gasteiger partial charge in [0.25, 0.3) is 0 Å². The number of pyridine rings is 1. The number of nitrogens with zero attached hydrogens (tertiary/aromatic N) is 3. The third-order valence-electron chi connectivity index (χ3n) is 2.33. The van der Waals surface area contributed by atoms with Gasteiger partial charge in [-0.25, -0.2) is 9.97 Å². The SMILES string of the molecule is CCOc1cncc(-c2ncnc(N)c2OC)c1. The van der Waals surface area contributed by atoms with Crippen molar-refractivity contribution in [3.05, 3.63) is 24.8 Å². The topological polar surface area (TPSA) is 83.2 Å². The van der Waals surface area contributed by atoms with Crippen molar-refractivity contribution in [1.29, 1.82) is 0 Å². The van der Waals surface area contributed by atoms with Gasteiger partial charge in [-0.1, -0.05) is 0 Å². The largest absolute Gasteiger partial charge is 0.492 e. The van der Waals surface area contributed by atoms with Gasteiger partial charge in [-0.3, -0.25) is 4.98 Å². The molecule has 0 aromatic carbocycles. The van der Waals surface area contributed by atoms with Crippen LogP contribution in [-0.4, -0.2) is 28.7 Å². The van der Waals surface area contributed by atoms with E-state index in [1.807, 2.05) is 13.0 Å². The molecule has 0 aliphatic carbocycles. The molecule has 0 amide bonds. The highest BCUT2D eigenvalue weighted by atomic mass is 16.5. The molecule has 2 N–H and O–H groups in total. The highest BCUT2D eigenvalue weighted by Gasteiger charge is 2.12. The standard InChI is InChI=1S/C12H14N4O2/c1-3-18-9-4-8(5-14-6-9)10-11(17-2)12(13)16-7-15-10/h4-7H,3H2,1-2H3,(H2,13,15,16). The van der Waals surface area contributed by atoms with Crippen LogP contribution in [0.4, 0.5) is 5.82 Å². The van der Waals surface area contributed by atoms with Gasteiger partial charge in [0.2, 0.25) is 0 Å². The second-order valence-corrected chi connectivity index (χ2v) is 3.48. The molecule has 0 spiro atoms. The molecule has 2 heterocycles. The number of nitrogens with two attached hydrogens (primary N) is 1. The monoisotopic (exact) mass is 246 g/mol. The Morgan fingerprint density at radius 1 is 1.28 bits per heavy atom. The maximum absolute atomic E-state index is 5.74. The minimum absolute atomic E-state index is 0.296. The van der Waals surface area contributed by atoms with E-state index in [0.717, 1.165) is 5.56 Å². The first-order chi connectivity index (χ1) is 8.76. The van der Waals surface area contributed by atoms with Crippen molar-refractivity contribution in [1.82, 2.24) is 15.0 Å². The van der Waals surface area contributed by atoms with Crippen molar-refractivity contribution in [2.24, 2.45) is 0 Å². The summed E-state index contributed by atoms with van der Waals surface area (Å²) in [6, 6.07) is 1.83. The second kappa shape index (κ2) is 5.31. The van der Waals surface area contributed by atoms with E-state index in [9.17, 15) is 0 Å². The van der Waals surface area contributed by atoms with Gasteiger partial charge < -0.3 is 15.2 Å². The van der Waals surface area contributed by atoms with Crippen molar-refractivity contribution >= 4 is 5.82 Å². The summed E-state index contributed by atoms with van der Waals surface area (Å²) >= 11 is 0. The molecule has 18 heavy (non-hydrogen) atoms. The molecule has 2 aromatic rings. The van der Waals surface area contributed by atoms with Crippen molar-refractivity contribution in [3.8, 4) is 22.8 Å². The second-order valence-electron chi connectivity index (χ2n) is 3.48. The molecule has 6 nitrogen and oxygen atoms in total. The lowest BCUT2D eigenvalue weighted by Gasteiger charge is -2.09. The van der Waals surface area contributed by atoms with E-state index >= 15 is 0 Å². The minimum Gasteiger partial charge on any atom is -0.492 e. The summed E-state index contributed by atoms with van der Waals surface area (Å²) in [6.07, 6.45) is 4.71. The predicted octanol–water partition coefficient (Wildman–Crippen LogP) is 1.53. The zero-order valence-corrected chi connectivity index (χ0v) is 10.3. The van der Waals surface area contributed by atoms with Crippen LogP contribution in [0.1, 0.15) is 6.92 Å². The number of methoxy groups -OCH3 is 1. The number of anilines is 1. The van der Waals surface area contributed by atoms with Crippen LogP contribution < -0.4 is 15.2 Å². The lowest BCUT2D eigenvalue weighted by atomic mass is 10.2. The Bertz CT molecular complexity index is 545. The molecular formula is C12H14N4O2. The summed E-state index contributed by atoms with van der Waals surface area (Å²) in [6.45, 7) is 2.49. The lowest BCUT2D eigenvalue weighted by molar-refractivity contribution is 0.339. The van der Waals surface area contributed by atoms with Crippen LogP contribution >= 0.6 is 0 Å². The normalized spacial score (nSPS) is 10.1. The molecule has 2 aromatic heterocycles. The molecule has 0 saturated heterocycles. The van der Waals surface area contributed by atoms with Crippen LogP contribution in [0.3, 0.4) is 0 Å². The summed E-state index contributed by atoms with van der Waals surface area (Å²) < 4.78 is 10.6. The smallest absolute Gasteiger partial charge is 0.187 e. The Balaban J connectivity index is 2.48. The Morgan fingerprint density at radius 3 is 2.83 bits per heavy atom. The zero-order chi connectivity index (χ0) is 13.0.